The quantitative estimate of drug-likeness (QED) is 0.298. The van der Waals surface area contributed by atoms with Gasteiger partial charge in [-0.15, -0.1) is 0 Å². The molecule has 4 atom stereocenters. The lowest BCUT2D eigenvalue weighted by molar-refractivity contribution is 0.316. The Morgan fingerprint density at radius 2 is 1.04 bits per heavy atom. The van der Waals surface area contributed by atoms with Crippen LogP contribution in [0.5, 0.6) is 0 Å². The minimum Gasteiger partial charge on any atom is -0.190 e. The van der Waals surface area contributed by atoms with Gasteiger partial charge in [-0.2, -0.15) is 10.2 Å². The third-order valence-electron chi connectivity index (χ3n) is 6.22. The van der Waals surface area contributed by atoms with Crippen molar-refractivity contribution in [1.82, 2.24) is 0 Å². The van der Waals surface area contributed by atoms with Gasteiger partial charge in [0, 0.05) is 0 Å². The predicted octanol–water partition coefficient (Wildman–Crippen LogP) is 9.08. The molecule has 0 amide bonds. The monoisotopic (exact) mass is 388 g/mol. The van der Waals surface area contributed by atoms with Gasteiger partial charge in [-0.3, -0.25) is 0 Å². The fourth-order valence-electron chi connectivity index (χ4n) is 4.47. The molecular weight excluding hydrogens is 340 g/mol. The van der Waals surface area contributed by atoms with Crippen molar-refractivity contribution in [3.8, 4) is 0 Å². The van der Waals surface area contributed by atoms with Crippen molar-refractivity contribution >= 4 is 0 Å². The van der Waals surface area contributed by atoms with Crippen molar-refractivity contribution in [2.45, 2.75) is 130 Å². The van der Waals surface area contributed by atoms with Gasteiger partial charge in [0.15, 0.2) is 0 Å². The fourth-order valence-corrected chi connectivity index (χ4v) is 4.47. The maximum absolute atomic E-state index is 5.06. The zero-order chi connectivity index (χ0) is 20.5. The first-order chi connectivity index (χ1) is 13.8. The van der Waals surface area contributed by atoms with Gasteiger partial charge in [-0.05, 0) is 63.2 Å². The average Bonchev–Trinajstić information content (AvgIpc) is 2.69. The van der Waals surface area contributed by atoms with Crippen molar-refractivity contribution in [3.05, 3.63) is 24.3 Å². The molecule has 0 aromatic carbocycles. The zero-order valence-electron chi connectivity index (χ0n) is 19.4. The maximum atomic E-state index is 5.06. The molecule has 0 saturated carbocycles. The first-order valence-corrected chi connectivity index (χ1v) is 12.5. The van der Waals surface area contributed by atoms with E-state index >= 15 is 0 Å². The molecule has 1 aliphatic heterocycles. The number of nitrogens with zero attached hydrogens (tertiary/aromatic N) is 2. The van der Waals surface area contributed by atoms with Crippen molar-refractivity contribution in [1.29, 1.82) is 0 Å². The summed E-state index contributed by atoms with van der Waals surface area (Å²) in [5, 5.41) is 10.1. The summed E-state index contributed by atoms with van der Waals surface area (Å²) in [6.45, 7) is 9.24. The molecule has 0 aliphatic carbocycles. The molecule has 4 unspecified atom stereocenters. The number of azo groups is 1. The SMILES string of the molecule is CCCCC(CCC)C1CC=CCCC=CCC(C(CCC)CCCC)N=N1. The topological polar surface area (TPSA) is 24.7 Å². The minimum atomic E-state index is 0.377. The molecule has 1 rings (SSSR count). The van der Waals surface area contributed by atoms with Crippen LogP contribution >= 0.6 is 0 Å². The summed E-state index contributed by atoms with van der Waals surface area (Å²) in [5.41, 5.74) is 0. The van der Waals surface area contributed by atoms with Gasteiger partial charge in [0.05, 0.1) is 12.1 Å². The molecule has 0 spiro atoms. The molecule has 0 aromatic heterocycles. The highest BCUT2D eigenvalue weighted by atomic mass is 15.1. The van der Waals surface area contributed by atoms with Gasteiger partial charge in [0.25, 0.3) is 0 Å². The maximum Gasteiger partial charge on any atom is 0.0770 e. The molecule has 0 aromatic rings. The minimum absolute atomic E-state index is 0.377. The number of rotatable bonds is 12. The summed E-state index contributed by atoms with van der Waals surface area (Å²) in [6.07, 6.45) is 26.8. The Hall–Kier alpha value is -0.920. The van der Waals surface area contributed by atoms with Gasteiger partial charge >= 0.3 is 0 Å². The van der Waals surface area contributed by atoms with E-state index in [1.54, 1.807) is 0 Å². The van der Waals surface area contributed by atoms with Crippen LogP contribution < -0.4 is 0 Å². The van der Waals surface area contributed by atoms with Crippen LogP contribution in [-0.2, 0) is 0 Å². The van der Waals surface area contributed by atoms with Crippen LogP contribution in [0.4, 0.5) is 0 Å². The Morgan fingerprint density at radius 1 is 0.607 bits per heavy atom. The fraction of sp³-hybridized carbons (Fsp3) is 0.846. The van der Waals surface area contributed by atoms with E-state index in [4.69, 9.17) is 10.2 Å². The molecule has 28 heavy (non-hydrogen) atoms. The normalized spacial score (nSPS) is 23.1. The molecule has 162 valence electrons. The lowest BCUT2D eigenvalue weighted by Crippen LogP contribution is -2.22. The van der Waals surface area contributed by atoms with Crippen LogP contribution in [-0.4, -0.2) is 12.1 Å². The Balaban J connectivity index is 3.01. The van der Waals surface area contributed by atoms with Crippen LogP contribution in [0.1, 0.15) is 118 Å². The highest BCUT2D eigenvalue weighted by molar-refractivity contribution is 4.95. The van der Waals surface area contributed by atoms with E-state index in [0.717, 1.165) is 25.7 Å². The second kappa shape index (κ2) is 17.0. The van der Waals surface area contributed by atoms with Gasteiger partial charge in [-0.1, -0.05) is 90.5 Å². The Labute approximate surface area is 176 Å². The first-order valence-electron chi connectivity index (χ1n) is 12.5. The predicted molar refractivity (Wildman–Crippen MR) is 125 cm³/mol. The van der Waals surface area contributed by atoms with E-state index in [2.05, 4.69) is 52.0 Å². The summed E-state index contributed by atoms with van der Waals surface area (Å²) in [6, 6.07) is 0.754. The van der Waals surface area contributed by atoms with Crippen LogP contribution in [0.2, 0.25) is 0 Å². The molecule has 2 nitrogen and oxygen atoms in total. The van der Waals surface area contributed by atoms with Gasteiger partial charge in [-0.25, -0.2) is 0 Å². The number of hydrogen-bond donors (Lipinski definition) is 0. The van der Waals surface area contributed by atoms with E-state index in [9.17, 15) is 0 Å². The molecule has 0 bridgehead atoms. The Kier molecular flexibility index (Phi) is 15.2. The molecule has 2 heteroatoms. The summed E-state index contributed by atoms with van der Waals surface area (Å²) >= 11 is 0. The standard InChI is InChI=1S/C26H48N2/c1-5-9-19-23(17-7-3)25-21-15-13-11-12-14-16-22-26(28-27-25)24(18-8-4)20-10-6-2/h13-16,23-26H,5-12,17-22H2,1-4H3. The number of hydrogen-bond acceptors (Lipinski definition) is 2. The largest absolute Gasteiger partial charge is 0.190 e. The third-order valence-corrected chi connectivity index (χ3v) is 6.22. The molecular formula is C26H48N2. The second-order valence-corrected chi connectivity index (χ2v) is 8.74. The zero-order valence-corrected chi connectivity index (χ0v) is 19.4. The highest BCUT2D eigenvalue weighted by Gasteiger charge is 2.23. The molecule has 1 heterocycles. The van der Waals surface area contributed by atoms with E-state index < -0.39 is 0 Å². The summed E-state index contributed by atoms with van der Waals surface area (Å²) < 4.78 is 0. The third kappa shape index (κ3) is 10.6. The van der Waals surface area contributed by atoms with Gasteiger partial charge in [0.2, 0.25) is 0 Å². The van der Waals surface area contributed by atoms with Crippen molar-refractivity contribution < 1.29 is 0 Å². The average molecular weight is 389 g/mol. The summed E-state index contributed by atoms with van der Waals surface area (Å²) in [4.78, 5) is 0. The number of allylic oxidation sites excluding steroid dienone is 2. The molecule has 0 fully saturated rings. The van der Waals surface area contributed by atoms with Crippen molar-refractivity contribution in [3.63, 3.8) is 0 Å². The lowest BCUT2D eigenvalue weighted by Gasteiger charge is -2.25. The van der Waals surface area contributed by atoms with Crippen LogP contribution in [0.3, 0.4) is 0 Å². The lowest BCUT2D eigenvalue weighted by atomic mass is 9.87. The van der Waals surface area contributed by atoms with E-state index in [0.29, 0.717) is 23.9 Å². The van der Waals surface area contributed by atoms with E-state index in [1.807, 2.05) is 0 Å². The van der Waals surface area contributed by atoms with Crippen molar-refractivity contribution in [2.24, 2.45) is 22.1 Å². The van der Waals surface area contributed by atoms with Crippen molar-refractivity contribution in [2.75, 3.05) is 0 Å². The second-order valence-electron chi connectivity index (χ2n) is 8.74. The van der Waals surface area contributed by atoms with Crippen LogP contribution in [0.15, 0.2) is 34.5 Å². The summed E-state index contributed by atoms with van der Waals surface area (Å²) in [5.74, 6) is 1.38. The Bertz CT molecular complexity index is 398. The summed E-state index contributed by atoms with van der Waals surface area (Å²) in [7, 11) is 0. The molecule has 0 saturated heterocycles. The van der Waals surface area contributed by atoms with Gasteiger partial charge in [0.1, 0.15) is 0 Å². The van der Waals surface area contributed by atoms with Gasteiger partial charge < -0.3 is 0 Å². The molecule has 0 N–H and O–H groups in total. The Morgan fingerprint density at radius 3 is 1.39 bits per heavy atom. The van der Waals surface area contributed by atoms with E-state index in [1.165, 1.54) is 64.2 Å². The number of unbranched alkanes of at least 4 members (excludes halogenated alkanes) is 2. The highest BCUT2D eigenvalue weighted by Crippen LogP contribution is 2.28. The smallest absolute Gasteiger partial charge is 0.0770 e. The molecule has 1 aliphatic rings. The van der Waals surface area contributed by atoms with E-state index in [-0.39, 0.29) is 0 Å². The molecule has 0 radical (unpaired) electrons. The van der Waals surface area contributed by atoms with Crippen LogP contribution in [0.25, 0.3) is 0 Å². The first kappa shape index (κ1) is 25.1. The van der Waals surface area contributed by atoms with Crippen LogP contribution in [0, 0.1) is 11.8 Å².